The summed E-state index contributed by atoms with van der Waals surface area (Å²) in [6.07, 6.45) is 3.36. The molecule has 1 aromatic carbocycles. The van der Waals surface area contributed by atoms with Crippen LogP contribution in [0.15, 0.2) is 36.7 Å². The second-order valence-electron chi connectivity index (χ2n) is 4.01. The van der Waals surface area contributed by atoms with E-state index in [-0.39, 0.29) is 0 Å². The molecule has 0 saturated carbocycles. The van der Waals surface area contributed by atoms with Crippen LogP contribution in [-0.4, -0.2) is 15.0 Å². The molecule has 2 heterocycles. The first-order chi connectivity index (χ1) is 8.81. The number of aryl methyl sites for hydroxylation is 1. The Morgan fingerprint density at radius 3 is 2.67 bits per heavy atom. The van der Waals surface area contributed by atoms with Gasteiger partial charge in [0.2, 0.25) is 0 Å². The van der Waals surface area contributed by atoms with E-state index in [2.05, 4.69) is 51.5 Å². The number of rotatable bonds is 3. The Bertz CT molecular complexity index is 627. The minimum atomic E-state index is 0.700. The van der Waals surface area contributed by atoms with Crippen LogP contribution in [-0.2, 0) is 6.54 Å². The van der Waals surface area contributed by atoms with Gasteiger partial charge >= 0.3 is 0 Å². The zero-order chi connectivity index (χ0) is 12.4. The van der Waals surface area contributed by atoms with Crippen LogP contribution >= 0.6 is 11.3 Å². The van der Waals surface area contributed by atoms with Gasteiger partial charge in [0.25, 0.3) is 0 Å². The van der Waals surface area contributed by atoms with Gasteiger partial charge < -0.3 is 5.32 Å². The Kier molecular flexibility index (Phi) is 2.90. The number of benzene rings is 1. The number of nitrogens with one attached hydrogen (secondary N) is 1. The highest BCUT2D eigenvalue weighted by Crippen LogP contribution is 2.18. The van der Waals surface area contributed by atoms with E-state index < -0.39 is 0 Å². The lowest BCUT2D eigenvalue weighted by molar-refractivity contribution is 1.10. The Labute approximate surface area is 109 Å². The van der Waals surface area contributed by atoms with Crippen LogP contribution in [0.1, 0.15) is 10.6 Å². The molecular formula is C13H12N4S. The molecule has 3 aromatic rings. The van der Waals surface area contributed by atoms with E-state index >= 15 is 0 Å². The second-order valence-corrected chi connectivity index (χ2v) is 5.07. The monoisotopic (exact) mass is 256 g/mol. The van der Waals surface area contributed by atoms with Gasteiger partial charge in [0.15, 0.2) is 10.5 Å². The summed E-state index contributed by atoms with van der Waals surface area (Å²) in [5.41, 5.74) is 3.08. The molecule has 0 amide bonds. The van der Waals surface area contributed by atoms with Crippen LogP contribution in [0.5, 0.6) is 0 Å². The van der Waals surface area contributed by atoms with Crippen LogP contribution in [0.4, 0.5) is 5.69 Å². The van der Waals surface area contributed by atoms with Crippen LogP contribution in [0.25, 0.3) is 10.5 Å². The van der Waals surface area contributed by atoms with E-state index in [1.807, 2.05) is 0 Å². The molecule has 0 spiro atoms. The average Bonchev–Trinajstić information content (AvgIpc) is 2.81. The first-order valence-corrected chi connectivity index (χ1v) is 6.50. The minimum Gasteiger partial charge on any atom is -0.379 e. The lowest BCUT2D eigenvalue weighted by Crippen LogP contribution is -1.98. The van der Waals surface area contributed by atoms with Gasteiger partial charge in [-0.3, -0.25) is 0 Å². The smallest absolute Gasteiger partial charge is 0.189 e. The van der Waals surface area contributed by atoms with Crippen molar-refractivity contribution in [2.24, 2.45) is 0 Å². The molecule has 90 valence electrons. The van der Waals surface area contributed by atoms with Gasteiger partial charge in [0.1, 0.15) is 5.01 Å². The van der Waals surface area contributed by atoms with Gasteiger partial charge in [0, 0.05) is 18.1 Å². The number of nitrogens with zero attached hydrogens (tertiary/aromatic N) is 3. The third-order valence-corrected chi connectivity index (χ3v) is 3.54. The summed E-state index contributed by atoms with van der Waals surface area (Å²) < 4.78 is 0. The molecule has 0 aliphatic carbocycles. The Balaban J connectivity index is 1.74. The molecule has 0 atom stereocenters. The molecule has 3 rings (SSSR count). The minimum absolute atomic E-state index is 0.700. The van der Waals surface area contributed by atoms with Crippen molar-refractivity contribution in [3.63, 3.8) is 0 Å². The molecule has 0 bridgehead atoms. The van der Waals surface area contributed by atoms with Gasteiger partial charge in [0.05, 0.1) is 6.54 Å². The number of hydrogen-bond acceptors (Lipinski definition) is 5. The van der Waals surface area contributed by atoms with Crippen molar-refractivity contribution in [2.75, 3.05) is 5.32 Å². The summed E-state index contributed by atoms with van der Waals surface area (Å²) in [6, 6.07) is 8.31. The fourth-order valence-electron chi connectivity index (χ4n) is 1.64. The molecule has 0 saturated heterocycles. The van der Waals surface area contributed by atoms with E-state index in [1.165, 1.54) is 5.56 Å². The summed E-state index contributed by atoms with van der Waals surface area (Å²) in [4.78, 5) is 13.7. The van der Waals surface area contributed by atoms with Gasteiger partial charge in [-0.1, -0.05) is 29.0 Å². The Hall–Kier alpha value is -2.01. The van der Waals surface area contributed by atoms with E-state index in [9.17, 15) is 0 Å². The van der Waals surface area contributed by atoms with Gasteiger partial charge in [-0.15, -0.1) is 0 Å². The zero-order valence-electron chi connectivity index (χ0n) is 9.92. The molecule has 2 aromatic heterocycles. The average molecular weight is 256 g/mol. The van der Waals surface area contributed by atoms with Crippen molar-refractivity contribution in [3.05, 3.63) is 47.2 Å². The highest BCUT2D eigenvalue weighted by atomic mass is 32.1. The molecule has 5 heteroatoms. The molecule has 18 heavy (non-hydrogen) atoms. The van der Waals surface area contributed by atoms with Crippen molar-refractivity contribution in [3.8, 4) is 0 Å². The molecule has 0 aliphatic rings. The molecule has 4 nitrogen and oxygen atoms in total. The van der Waals surface area contributed by atoms with Crippen molar-refractivity contribution in [2.45, 2.75) is 13.5 Å². The van der Waals surface area contributed by atoms with Gasteiger partial charge in [-0.2, -0.15) is 0 Å². The number of hydrogen-bond donors (Lipinski definition) is 1. The summed E-state index contributed by atoms with van der Waals surface area (Å²) in [5.74, 6) is 0. The van der Waals surface area contributed by atoms with Gasteiger partial charge in [-0.25, -0.2) is 15.0 Å². The standard InChI is InChI=1S/C13H12N4S/c1-9-2-4-10(5-3-9)16-8-11-17-12-13(18-11)15-7-6-14-12/h2-7,16H,8H2,1H3. The first kappa shape index (κ1) is 11.1. The summed E-state index contributed by atoms with van der Waals surface area (Å²) in [6.45, 7) is 2.78. The fourth-order valence-corrected chi connectivity index (χ4v) is 2.45. The third-order valence-electron chi connectivity index (χ3n) is 2.59. The largest absolute Gasteiger partial charge is 0.379 e. The molecule has 0 aliphatic heterocycles. The van der Waals surface area contributed by atoms with E-state index in [1.54, 1.807) is 23.7 Å². The fraction of sp³-hybridized carbons (Fsp3) is 0.154. The lowest BCUT2D eigenvalue weighted by Gasteiger charge is -2.03. The maximum absolute atomic E-state index is 4.43. The quantitative estimate of drug-likeness (QED) is 0.782. The van der Waals surface area contributed by atoms with Crippen LogP contribution in [0.3, 0.4) is 0 Å². The number of fused-ring (bicyclic) bond motifs is 1. The highest BCUT2D eigenvalue weighted by molar-refractivity contribution is 7.18. The lowest BCUT2D eigenvalue weighted by atomic mass is 10.2. The summed E-state index contributed by atoms with van der Waals surface area (Å²) in [7, 11) is 0. The third kappa shape index (κ3) is 2.31. The maximum atomic E-state index is 4.43. The molecule has 1 N–H and O–H groups in total. The molecular weight excluding hydrogens is 244 g/mol. The Morgan fingerprint density at radius 1 is 1.11 bits per heavy atom. The van der Waals surface area contributed by atoms with Crippen molar-refractivity contribution >= 4 is 27.5 Å². The van der Waals surface area contributed by atoms with Crippen LogP contribution in [0.2, 0.25) is 0 Å². The number of aromatic nitrogens is 3. The predicted molar refractivity (Wildman–Crippen MR) is 73.7 cm³/mol. The summed E-state index contributed by atoms with van der Waals surface area (Å²) >= 11 is 1.57. The second kappa shape index (κ2) is 4.70. The zero-order valence-corrected chi connectivity index (χ0v) is 10.7. The SMILES string of the molecule is Cc1ccc(NCc2nc3nccnc3s2)cc1. The van der Waals surface area contributed by atoms with Crippen molar-refractivity contribution in [1.82, 2.24) is 15.0 Å². The van der Waals surface area contributed by atoms with E-state index in [0.29, 0.717) is 6.54 Å². The Morgan fingerprint density at radius 2 is 1.89 bits per heavy atom. The first-order valence-electron chi connectivity index (χ1n) is 5.68. The van der Waals surface area contributed by atoms with E-state index in [4.69, 9.17) is 0 Å². The highest BCUT2D eigenvalue weighted by Gasteiger charge is 2.04. The predicted octanol–water partition coefficient (Wildman–Crippen LogP) is 3.01. The molecule has 0 unspecified atom stereocenters. The van der Waals surface area contributed by atoms with Crippen molar-refractivity contribution < 1.29 is 0 Å². The van der Waals surface area contributed by atoms with Crippen LogP contribution in [0, 0.1) is 6.92 Å². The maximum Gasteiger partial charge on any atom is 0.189 e. The number of thiazole rings is 1. The molecule has 0 fully saturated rings. The topological polar surface area (TPSA) is 50.7 Å². The van der Waals surface area contributed by atoms with Gasteiger partial charge in [-0.05, 0) is 19.1 Å². The summed E-state index contributed by atoms with van der Waals surface area (Å²) in [5, 5.41) is 4.34. The van der Waals surface area contributed by atoms with E-state index in [0.717, 1.165) is 21.2 Å². The number of anilines is 1. The van der Waals surface area contributed by atoms with Crippen molar-refractivity contribution in [1.29, 1.82) is 0 Å². The molecule has 0 radical (unpaired) electrons. The normalized spacial score (nSPS) is 10.7. The van der Waals surface area contributed by atoms with Crippen LogP contribution < -0.4 is 5.32 Å².